The first-order valence-corrected chi connectivity index (χ1v) is 9.67. The van der Waals surface area contributed by atoms with E-state index in [0.29, 0.717) is 5.71 Å². The fraction of sp³-hybridized carbons (Fsp3) is 0.500. The van der Waals surface area contributed by atoms with E-state index in [4.69, 9.17) is 0 Å². The lowest BCUT2D eigenvalue weighted by molar-refractivity contribution is -0.406. The van der Waals surface area contributed by atoms with Gasteiger partial charge in [0.25, 0.3) is 0 Å². The van der Waals surface area contributed by atoms with E-state index in [0.717, 1.165) is 17.7 Å². The van der Waals surface area contributed by atoms with E-state index in [-0.39, 0.29) is 17.5 Å². The summed E-state index contributed by atoms with van der Waals surface area (Å²) in [6.45, 7) is 2.83. The molecule has 1 atom stereocenters. The summed E-state index contributed by atoms with van der Waals surface area (Å²) in [5.41, 5.74) is -0.0335. The Morgan fingerprint density at radius 2 is 2.00 bits per heavy atom. The molecule has 0 saturated heterocycles. The molecule has 1 aliphatic heterocycles. The van der Waals surface area contributed by atoms with Gasteiger partial charge in [0.05, 0.1) is 12.0 Å². The quantitative estimate of drug-likeness (QED) is 0.633. The topological polar surface area (TPSA) is 116 Å². The number of hydrogen-bond donors (Lipinski definition) is 2. The van der Waals surface area contributed by atoms with Crippen LogP contribution in [0.2, 0.25) is 0 Å². The van der Waals surface area contributed by atoms with Crippen LogP contribution < -0.4 is 10.0 Å². The number of sulfonamides is 1. The Hall–Kier alpha value is -2.33. The fourth-order valence-corrected chi connectivity index (χ4v) is 4.37. The molecule has 0 bridgehead atoms. The molecule has 1 unspecified atom stereocenters. The summed E-state index contributed by atoms with van der Waals surface area (Å²) in [6, 6.07) is -0.581. The van der Waals surface area contributed by atoms with Crippen molar-refractivity contribution < 1.29 is 27.4 Å². The van der Waals surface area contributed by atoms with Gasteiger partial charge < -0.3 is 5.32 Å². The molecular weight excluding hydrogens is 360 g/mol. The molecule has 9 nitrogen and oxygen atoms in total. The SMILES string of the molecule is CC(=O)NCN1C(=O)C2C=C(S(=O)(=O)NC3(C)CC3)C=CC2=[N+](C)C1=O. The largest absolute Gasteiger partial charge is 0.502 e. The van der Waals surface area contributed by atoms with Crippen molar-refractivity contribution in [2.75, 3.05) is 13.7 Å². The standard InChI is InChI=1S/C16H20N4O5S/c1-10(21)17-9-20-14(22)12-8-11(4-5-13(12)19(3)15(20)23)26(24,25)18-16(2)6-7-16/h4-5,8,12,18H,6-7,9H2,1-3H3/p+1. The van der Waals surface area contributed by atoms with E-state index >= 15 is 0 Å². The molecule has 2 N–H and O–H groups in total. The number of hydrogen-bond acceptors (Lipinski definition) is 5. The van der Waals surface area contributed by atoms with E-state index in [1.54, 1.807) is 0 Å². The molecule has 10 heteroatoms. The number of urea groups is 1. The summed E-state index contributed by atoms with van der Waals surface area (Å²) in [5.74, 6) is -1.87. The third kappa shape index (κ3) is 3.34. The Morgan fingerprint density at radius 1 is 1.35 bits per heavy atom. The zero-order chi connectivity index (χ0) is 19.3. The minimum absolute atomic E-state index is 0.00467. The van der Waals surface area contributed by atoms with Crippen molar-refractivity contribution in [3.8, 4) is 0 Å². The molecule has 0 radical (unpaired) electrons. The molecule has 1 fully saturated rings. The van der Waals surface area contributed by atoms with Crippen LogP contribution in [0.25, 0.3) is 0 Å². The van der Waals surface area contributed by atoms with Crippen molar-refractivity contribution in [3.05, 3.63) is 23.1 Å². The number of amides is 4. The smallest absolute Gasteiger partial charge is 0.320 e. The van der Waals surface area contributed by atoms with Crippen LogP contribution in [-0.2, 0) is 19.6 Å². The second kappa shape index (κ2) is 6.13. The Morgan fingerprint density at radius 3 is 2.58 bits per heavy atom. The van der Waals surface area contributed by atoms with Gasteiger partial charge in [0.2, 0.25) is 15.9 Å². The second-order valence-electron chi connectivity index (χ2n) is 6.97. The molecule has 4 amide bonds. The molecule has 0 spiro atoms. The molecule has 2 aliphatic carbocycles. The predicted octanol–water partition coefficient (Wildman–Crippen LogP) is -0.333. The maximum atomic E-state index is 12.7. The minimum atomic E-state index is -3.76. The van der Waals surface area contributed by atoms with Crippen molar-refractivity contribution in [3.63, 3.8) is 0 Å². The molecular formula is C16H21N4O5S+. The molecule has 0 aromatic carbocycles. The Balaban J connectivity index is 1.92. The summed E-state index contributed by atoms with van der Waals surface area (Å²) in [4.78, 5) is 37.0. The van der Waals surface area contributed by atoms with E-state index in [1.165, 1.54) is 36.8 Å². The Kier molecular flexibility index (Phi) is 4.35. The number of fused-ring (bicyclic) bond motifs is 1. The van der Waals surface area contributed by atoms with Crippen LogP contribution in [0.4, 0.5) is 4.79 Å². The first-order chi connectivity index (χ1) is 12.0. The average molecular weight is 381 g/mol. The summed E-state index contributed by atoms with van der Waals surface area (Å²) >= 11 is 0. The van der Waals surface area contributed by atoms with Crippen molar-refractivity contribution >= 4 is 33.6 Å². The minimum Gasteiger partial charge on any atom is -0.320 e. The lowest BCUT2D eigenvalue weighted by Crippen LogP contribution is -2.56. The highest BCUT2D eigenvalue weighted by atomic mass is 32.2. The third-order valence-electron chi connectivity index (χ3n) is 4.68. The van der Waals surface area contributed by atoms with Crippen molar-refractivity contribution in [2.24, 2.45) is 5.92 Å². The van der Waals surface area contributed by atoms with Crippen molar-refractivity contribution in [1.82, 2.24) is 14.9 Å². The summed E-state index contributed by atoms with van der Waals surface area (Å²) < 4.78 is 29.0. The Bertz CT molecular complexity index is 896. The van der Waals surface area contributed by atoms with Gasteiger partial charge >= 0.3 is 11.9 Å². The second-order valence-corrected chi connectivity index (χ2v) is 8.65. The van der Waals surface area contributed by atoms with Crippen LogP contribution in [0.3, 0.4) is 0 Å². The first kappa shape index (κ1) is 18.5. The van der Waals surface area contributed by atoms with Gasteiger partial charge in [0.1, 0.15) is 11.6 Å². The average Bonchev–Trinajstić information content (AvgIpc) is 3.28. The molecule has 0 aromatic rings. The van der Waals surface area contributed by atoms with Gasteiger partial charge in [-0.1, -0.05) is 0 Å². The van der Waals surface area contributed by atoms with Gasteiger partial charge in [0.15, 0.2) is 6.67 Å². The monoisotopic (exact) mass is 381 g/mol. The van der Waals surface area contributed by atoms with Crippen LogP contribution in [0, 0.1) is 5.92 Å². The van der Waals surface area contributed by atoms with Gasteiger partial charge in [-0.15, -0.1) is 4.90 Å². The molecule has 140 valence electrons. The predicted molar refractivity (Wildman–Crippen MR) is 92.5 cm³/mol. The van der Waals surface area contributed by atoms with Crippen LogP contribution in [0.1, 0.15) is 26.7 Å². The summed E-state index contributed by atoms with van der Waals surface area (Å²) in [7, 11) is -2.26. The molecule has 1 heterocycles. The van der Waals surface area contributed by atoms with Gasteiger partial charge in [0, 0.05) is 12.5 Å². The highest BCUT2D eigenvalue weighted by Crippen LogP contribution is 2.36. The maximum absolute atomic E-state index is 12.7. The van der Waals surface area contributed by atoms with Crippen molar-refractivity contribution in [1.29, 1.82) is 0 Å². The van der Waals surface area contributed by atoms with E-state index in [9.17, 15) is 22.8 Å². The van der Waals surface area contributed by atoms with E-state index in [1.807, 2.05) is 6.92 Å². The van der Waals surface area contributed by atoms with Crippen LogP contribution >= 0.6 is 0 Å². The number of allylic oxidation sites excluding steroid dienone is 2. The third-order valence-corrected chi connectivity index (χ3v) is 6.34. The van der Waals surface area contributed by atoms with Gasteiger partial charge in [-0.25, -0.2) is 17.9 Å². The lowest BCUT2D eigenvalue weighted by Gasteiger charge is -2.26. The molecule has 3 rings (SSSR count). The number of nitrogens with one attached hydrogen (secondary N) is 2. The zero-order valence-corrected chi connectivity index (χ0v) is 15.6. The normalized spacial score (nSPS) is 24.3. The molecule has 0 aromatic heterocycles. The molecule has 26 heavy (non-hydrogen) atoms. The van der Waals surface area contributed by atoms with Gasteiger partial charge in [-0.2, -0.15) is 9.37 Å². The highest BCUT2D eigenvalue weighted by Gasteiger charge is 2.48. The van der Waals surface area contributed by atoms with Crippen LogP contribution in [0.15, 0.2) is 23.1 Å². The number of imide groups is 1. The van der Waals surface area contributed by atoms with Crippen LogP contribution in [-0.4, -0.2) is 60.7 Å². The number of nitrogens with zero attached hydrogens (tertiary/aromatic N) is 2. The lowest BCUT2D eigenvalue weighted by atomic mass is 9.95. The summed E-state index contributed by atoms with van der Waals surface area (Å²) in [6.07, 6.45) is 5.74. The fourth-order valence-electron chi connectivity index (χ4n) is 2.84. The van der Waals surface area contributed by atoms with Gasteiger partial charge in [-0.05, 0) is 38.0 Å². The van der Waals surface area contributed by atoms with E-state index in [2.05, 4.69) is 10.0 Å². The number of rotatable bonds is 5. The summed E-state index contributed by atoms with van der Waals surface area (Å²) in [5, 5.41) is 2.41. The van der Waals surface area contributed by atoms with E-state index < -0.39 is 33.4 Å². The Labute approximate surface area is 151 Å². The number of carbonyl (C=O) groups excluding carboxylic acids is 3. The molecule has 3 aliphatic rings. The van der Waals surface area contributed by atoms with Crippen LogP contribution in [0.5, 0.6) is 0 Å². The molecule has 1 saturated carbocycles. The highest BCUT2D eigenvalue weighted by molar-refractivity contribution is 7.93. The number of carbonyl (C=O) groups is 3. The first-order valence-electron chi connectivity index (χ1n) is 8.18. The maximum Gasteiger partial charge on any atom is 0.502 e. The zero-order valence-electron chi connectivity index (χ0n) is 14.8. The van der Waals surface area contributed by atoms with Crippen molar-refractivity contribution in [2.45, 2.75) is 32.2 Å². The van der Waals surface area contributed by atoms with Gasteiger partial charge in [-0.3, -0.25) is 4.79 Å².